The summed E-state index contributed by atoms with van der Waals surface area (Å²) < 4.78 is 0.215. The smallest absolute Gasteiger partial charge is 0.0949 e. The Morgan fingerprint density at radius 2 is 1.67 bits per heavy atom. The number of hydrogen-bond donors (Lipinski definition) is 0. The molecule has 0 heterocycles. The Morgan fingerprint density at radius 3 is 2.07 bits per heavy atom. The number of thioether (sulfide) groups is 1. The monoisotopic (exact) mass is 225 g/mol. The molecule has 1 aliphatic carbocycles. The van der Waals surface area contributed by atoms with Gasteiger partial charge < -0.3 is 0 Å². The molecule has 1 nitrogen and oxygen atoms in total. The van der Waals surface area contributed by atoms with Crippen LogP contribution in [-0.4, -0.2) is 10.00 Å². The van der Waals surface area contributed by atoms with Crippen molar-refractivity contribution < 1.29 is 0 Å². The predicted octanol–water partition coefficient (Wildman–Crippen LogP) is 4.38. The maximum atomic E-state index is 9.26. The fourth-order valence-electron chi connectivity index (χ4n) is 2.22. The first kappa shape index (κ1) is 12.9. The van der Waals surface area contributed by atoms with E-state index in [9.17, 15) is 5.26 Å². The molecule has 0 aromatic heterocycles. The molecule has 0 aliphatic heterocycles. The topological polar surface area (TPSA) is 23.8 Å². The van der Waals surface area contributed by atoms with Crippen LogP contribution in [0.4, 0.5) is 0 Å². The molecular formula is C13H23NS. The molecule has 0 radical (unpaired) electrons. The van der Waals surface area contributed by atoms with E-state index in [1.807, 2.05) is 11.8 Å². The molecule has 1 saturated carbocycles. The lowest BCUT2D eigenvalue weighted by molar-refractivity contribution is 0.477. The Bertz CT molecular complexity index is 216. The highest BCUT2D eigenvalue weighted by Gasteiger charge is 2.27. The predicted molar refractivity (Wildman–Crippen MR) is 67.9 cm³/mol. The number of hydrogen-bond acceptors (Lipinski definition) is 2. The lowest BCUT2D eigenvalue weighted by atomic mass is 9.97. The molecule has 0 spiro atoms. The second-order valence-electron chi connectivity index (χ2n) is 5.53. The molecule has 2 heteroatoms. The van der Waals surface area contributed by atoms with Gasteiger partial charge in [0.15, 0.2) is 0 Å². The van der Waals surface area contributed by atoms with Gasteiger partial charge in [0.25, 0.3) is 0 Å². The summed E-state index contributed by atoms with van der Waals surface area (Å²) in [6.45, 7) is 6.62. The highest BCUT2D eigenvalue weighted by atomic mass is 32.2. The molecule has 0 saturated heterocycles. The van der Waals surface area contributed by atoms with E-state index in [2.05, 4.69) is 26.8 Å². The Hall–Kier alpha value is -0.160. The molecule has 0 aromatic rings. The minimum Gasteiger partial charge on any atom is -0.197 e. The third-order valence-corrected chi connectivity index (χ3v) is 4.39. The fourth-order valence-corrected chi connectivity index (χ4v) is 3.50. The Labute approximate surface area is 98.6 Å². The van der Waals surface area contributed by atoms with Crippen molar-refractivity contribution in [3.8, 4) is 6.07 Å². The fraction of sp³-hybridized carbons (Fsp3) is 0.923. The Balaban J connectivity index is 2.53. The molecule has 0 bridgehead atoms. The molecule has 15 heavy (non-hydrogen) atoms. The van der Waals surface area contributed by atoms with Gasteiger partial charge in [0.1, 0.15) is 0 Å². The largest absolute Gasteiger partial charge is 0.197 e. The number of nitrogens with zero attached hydrogens (tertiary/aromatic N) is 1. The number of rotatable bonds is 2. The number of nitriles is 1. The average molecular weight is 225 g/mol. The van der Waals surface area contributed by atoms with Crippen LogP contribution in [0.1, 0.15) is 59.3 Å². The summed E-state index contributed by atoms with van der Waals surface area (Å²) in [7, 11) is 0. The van der Waals surface area contributed by atoms with Crippen LogP contribution in [0.5, 0.6) is 0 Å². The first-order valence-corrected chi connectivity index (χ1v) is 6.98. The van der Waals surface area contributed by atoms with Crippen molar-refractivity contribution in [3.05, 3.63) is 0 Å². The zero-order valence-corrected chi connectivity index (χ0v) is 11.1. The lowest BCUT2D eigenvalue weighted by Gasteiger charge is -2.26. The van der Waals surface area contributed by atoms with E-state index in [4.69, 9.17) is 0 Å². The molecular weight excluding hydrogens is 202 g/mol. The lowest BCUT2D eigenvalue weighted by Crippen LogP contribution is -2.22. The van der Waals surface area contributed by atoms with E-state index in [0.717, 1.165) is 0 Å². The SMILES string of the molecule is CC(C)(C)SC(C#N)C1CCCCCC1. The summed E-state index contributed by atoms with van der Waals surface area (Å²) in [5, 5.41) is 9.47. The van der Waals surface area contributed by atoms with Crippen LogP contribution in [0.15, 0.2) is 0 Å². The van der Waals surface area contributed by atoms with Crippen LogP contribution >= 0.6 is 11.8 Å². The third-order valence-electron chi connectivity index (χ3n) is 2.94. The summed E-state index contributed by atoms with van der Waals surface area (Å²) in [6, 6.07) is 2.52. The quantitative estimate of drug-likeness (QED) is 0.651. The Kier molecular flexibility index (Phi) is 4.99. The van der Waals surface area contributed by atoms with Gasteiger partial charge in [0, 0.05) is 4.75 Å². The minimum atomic E-state index is 0.211. The minimum absolute atomic E-state index is 0.211. The zero-order chi connectivity index (χ0) is 11.3. The molecule has 1 rings (SSSR count). The summed E-state index contributed by atoms with van der Waals surface area (Å²) >= 11 is 1.86. The first-order chi connectivity index (χ1) is 7.03. The molecule has 1 atom stereocenters. The van der Waals surface area contributed by atoms with Crippen LogP contribution < -0.4 is 0 Å². The van der Waals surface area contributed by atoms with Gasteiger partial charge in [-0.2, -0.15) is 5.26 Å². The average Bonchev–Trinajstić information content (AvgIpc) is 2.40. The van der Waals surface area contributed by atoms with E-state index >= 15 is 0 Å². The maximum absolute atomic E-state index is 9.26. The molecule has 1 unspecified atom stereocenters. The van der Waals surface area contributed by atoms with Gasteiger partial charge in [-0.25, -0.2) is 0 Å². The van der Waals surface area contributed by atoms with Crippen molar-refractivity contribution >= 4 is 11.8 Å². The van der Waals surface area contributed by atoms with Gasteiger partial charge in [-0.1, -0.05) is 46.5 Å². The second kappa shape index (κ2) is 5.80. The van der Waals surface area contributed by atoms with Crippen molar-refractivity contribution in [1.29, 1.82) is 5.26 Å². The third kappa shape index (κ3) is 4.93. The molecule has 1 fully saturated rings. The zero-order valence-electron chi connectivity index (χ0n) is 10.3. The van der Waals surface area contributed by atoms with E-state index in [-0.39, 0.29) is 10.00 Å². The van der Waals surface area contributed by atoms with Crippen molar-refractivity contribution in [2.45, 2.75) is 69.3 Å². The van der Waals surface area contributed by atoms with Crippen LogP contribution in [0, 0.1) is 17.2 Å². The van der Waals surface area contributed by atoms with E-state index in [1.165, 1.54) is 38.5 Å². The van der Waals surface area contributed by atoms with Crippen LogP contribution in [0.25, 0.3) is 0 Å². The maximum Gasteiger partial charge on any atom is 0.0949 e. The van der Waals surface area contributed by atoms with Gasteiger partial charge in [0.05, 0.1) is 11.3 Å². The summed E-state index contributed by atoms with van der Waals surface area (Å²) in [6.07, 6.45) is 7.92. The van der Waals surface area contributed by atoms with E-state index < -0.39 is 0 Å². The van der Waals surface area contributed by atoms with Gasteiger partial charge in [0.2, 0.25) is 0 Å². The molecule has 0 amide bonds. The van der Waals surface area contributed by atoms with Crippen LogP contribution in [-0.2, 0) is 0 Å². The summed E-state index contributed by atoms with van der Waals surface area (Å²) in [5.41, 5.74) is 0. The summed E-state index contributed by atoms with van der Waals surface area (Å²) in [4.78, 5) is 0. The van der Waals surface area contributed by atoms with Crippen molar-refractivity contribution in [2.75, 3.05) is 0 Å². The normalized spacial score (nSPS) is 21.7. The highest BCUT2D eigenvalue weighted by Crippen LogP contribution is 2.37. The molecule has 0 N–H and O–H groups in total. The van der Waals surface area contributed by atoms with Gasteiger partial charge in [-0.3, -0.25) is 0 Å². The van der Waals surface area contributed by atoms with Gasteiger partial charge >= 0.3 is 0 Å². The van der Waals surface area contributed by atoms with Crippen LogP contribution in [0.3, 0.4) is 0 Å². The molecule has 1 aliphatic rings. The molecule has 0 aromatic carbocycles. The molecule has 86 valence electrons. The Morgan fingerprint density at radius 1 is 1.13 bits per heavy atom. The van der Waals surface area contributed by atoms with Gasteiger partial charge in [-0.05, 0) is 18.8 Å². The first-order valence-electron chi connectivity index (χ1n) is 6.10. The van der Waals surface area contributed by atoms with E-state index in [0.29, 0.717) is 5.92 Å². The van der Waals surface area contributed by atoms with Crippen molar-refractivity contribution in [3.63, 3.8) is 0 Å². The van der Waals surface area contributed by atoms with E-state index in [1.54, 1.807) is 0 Å². The standard InChI is InChI=1S/C13H23NS/c1-13(2,3)15-12(10-14)11-8-6-4-5-7-9-11/h11-12H,4-9H2,1-3H3. The van der Waals surface area contributed by atoms with Crippen LogP contribution in [0.2, 0.25) is 0 Å². The van der Waals surface area contributed by atoms with Crippen molar-refractivity contribution in [2.24, 2.45) is 5.92 Å². The van der Waals surface area contributed by atoms with Gasteiger partial charge in [-0.15, -0.1) is 11.8 Å². The van der Waals surface area contributed by atoms with Crippen molar-refractivity contribution in [1.82, 2.24) is 0 Å². The second-order valence-corrected chi connectivity index (χ2v) is 7.50. The summed E-state index contributed by atoms with van der Waals surface area (Å²) in [5.74, 6) is 0.640. The highest BCUT2D eigenvalue weighted by molar-refractivity contribution is 8.01.